The predicted molar refractivity (Wildman–Crippen MR) is 172 cm³/mol. The molecule has 0 aliphatic rings. The van der Waals surface area contributed by atoms with Crippen LogP contribution in [0, 0.1) is 0 Å². The van der Waals surface area contributed by atoms with E-state index in [1.807, 2.05) is 49.1 Å². The minimum atomic E-state index is 0. The molecule has 6 nitrogen and oxygen atoms in total. The number of nitrogens with one attached hydrogen (secondary N) is 2. The van der Waals surface area contributed by atoms with Crippen LogP contribution in [0.1, 0.15) is 150 Å². The number of unbranched alkanes of at least 4 members (excludes halogenated alkanes) is 15. The second kappa shape index (κ2) is 28.7. The SMILES string of the molecule is CCCCCCNC(=O)c1cc[n+](CCCCCCCCCCCC[n+]2ccc(C(=O)NCCCCCC)cc2)cc1.[Br-].[Br-]. The minimum Gasteiger partial charge on any atom is -1.00 e. The molecule has 0 atom stereocenters. The van der Waals surface area contributed by atoms with Gasteiger partial charge >= 0.3 is 0 Å². The molecule has 2 aromatic rings. The van der Waals surface area contributed by atoms with Gasteiger partial charge in [0.25, 0.3) is 11.8 Å². The number of amides is 2. The zero-order chi connectivity index (χ0) is 30.1. The van der Waals surface area contributed by atoms with Gasteiger partial charge in [0.1, 0.15) is 13.1 Å². The summed E-state index contributed by atoms with van der Waals surface area (Å²) in [5.41, 5.74) is 1.51. The molecule has 0 spiro atoms. The molecule has 2 amide bonds. The molecule has 0 bridgehead atoms. The van der Waals surface area contributed by atoms with E-state index in [1.165, 1.54) is 103 Å². The first kappa shape index (κ1) is 42.2. The lowest BCUT2D eigenvalue weighted by Crippen LogP contribution is -3.00. The van der Waals surface area contributed by atoms with Crippen molar-refractivity contribution in [1.29, 1.82) is 0 Å². The smallest absolute Gasteiger partial charge is 0.251 e. The Morgan fingerprint density at radius 2 is 0.773 bits per heavy atom. The molecular formula is C36H60Br2N4O2. The topological polar surface area (TPSA) is 66.0 Å². The summed E-state index contributed by atoms with van der Waals surface area (Å²) in [6.45, 7) is 7.98. The van der Waals surface area contributed by atoms with E-state index >= 15 is 0 Å². The quantitative estimate of drug-likeness (QED) is 0.120. The van der Waals surface area contributed by atoms with Crippen LogP contribution in [0.2, 0.25) is 0 Å². The first-order valence-corrected chi connectivity index (χ1v) is 17.2. The summed E-state index contributed by atoms with van der Waals surface area (Å²) in [5, 5.41) is 6.06. The number of carbonyl (C=O) groups excluding carboxylic acids is 2. The van der Waals surface area contributed by atoms with Crippen molar-refractivity contribution in [2.45, 2.75) is 143 Å². The maximum atomic E-state index is 12.2. The van der Waals surface area contributed by atoms with Gasteiger partial charge in [0, 0.05) is 50.2 Å². The Morgan fingerprint density at radius 3 is 1.09 bits per heavy atom. The van der Waals surface area contributed by atoms with E-state index in [-0.39, 0.29) is 45.8 Å². The molecule has 2 N–H and O–H groups in total. The number of pyridine rings is 2. The highest BCUT2D eigenvalue weighted by Gasteiger charge is 2.09. The minimum absolute atomic E-state index is 0. The van der Waals surface area contributed by atoms with Gasteiger partial charge in [0.2, 0.25) is 0 Å². The van der Waals surface area contributed by atoms with Crippen LogP contribution >= 0.6 is 0 Å². The third-order valence-electron chi connectivity index (χ3n) is 8.02. The van der Waals surface area contributed by atoms with Crippen LogP contribution in [0.25, 0.3) is 0 Å². The fraction of sp³-hybridized carbons (Fsp3) is 0.667. The van der Waals surface area contributed by atoms with Gasteiger partial charge in [-0.2, -0.15) is 0 Å². The van der Waals surface area contributed by atoms with Gasteiger partial charge in [-0.1, -0.05) is 90.9 Å². The molecule has 2 rings (SSSR count). The lowest BCUT2D eigenvalue weighted by atomic mass is 10.1. The van der Waals surface area contributed by atoms with Crippen molar-refractivity contribution in [3.63, 3.8) is 0 Å². The average molecular weight is 741 g/mol. The Morgan fingerprint density at radius 1 is 0.477 bits per heavy atom. The molecule has 0 saturated carbocycles. The van der Waals surface area contributed by atoms with Crippen molar-refractivity contribution >= 4 is 11.8 Å². The number of halogens is 2. The van der Waals surface area contributed by atoms with E-state index in [1.54, 1.807) is 0 Å². The van der Waals surface area contributed by atoms with Crippen molar-refractivity contribution in [2.75, 3.05) is 13.1 Å². The Balaban J connectivity index is 0.00000924. The van der Waals surface area contributed by atoms with Gasteiger partial charge in [0.05, 0.1) is 11.1 Å². The van der Waals surface area contributed by atoms with Crippen molar-refractivity contribution < 1.29 is 52.7 Å². The molecule has 0 radical (unpaired) electrons. The first-order chi connectivity index (χ1) is 20.6. The summed E-state index contributed by atoms with van der Waals surface area (Å²) in [4.78, 5) is 24.5. The average Bonchev–Trinajstić information content (AvgIpc) is 3.01. The van der Waals surface area contributed by atoms with Gasteiger partial charge in [-0.3, -0.25) is 9.59 Å². The summed E-state index contributed by atoms with van der Waals surface area (Å²) >= 11 is 0. The van der Waals surface area contributed by atoms with Crippen LogP contribution < -0.4 is 53.7 Å². The van der Waals surface area contributed by atoms with E-state index in [2.05, 4.69) is 33.6 Å². The number of carbonyl (C=O) groups is 2. The second-order valence-electron chi connectivity index (χ2n) is 11.8. The zero-order valence-electron chi connectivity index (χ0n) is 27.6. The lowest BCUT2D eigenvalue weighted by molar-refractivity contribution is -0.697. The number of rotatable bonds is 25. The lowest BCUT2D eigenvalue weighted by Gasteiger charge is -2.05. The Hall–Kier alpha value is -1.80. The van der Waals surface area contributed by atoms with Crippen LogP contribution in [0.4, 0.5) is 0 Å². The maximum absolute atomic E-state index is 12.2. The van der Waals surface area contributed by atoms with Crippen molar-refractivity contribution in [3.8, 4) is 0 Å². The van der Waals surface area contributed by atoms with Crippen LogP contribution in [-0.2, 0) is 13.1 Å². The van der Waals surface area contributed by atoms with E-state index in [4.69, 9.17) is 0 Å². The van der Waals surface area contributed by atoms with E-state index in [0.29, 0.717) is 0 Å². The number of nitrogens with zero attached hydrogens (tertiary/aromatic N) is 2. The largest absolute Gasteiger partial charge is 1.00 e. The van der Waals surface area contributed by atoms with Crippen LogP contribution in [0.3, 0.4) is 0 Å². The molecule has 0 aliphatic carbocycles. The van der Waals surface area contributed by atoms with Crippen molar-refractivity contribution in [2.24, 2.45) is 0 Å². The summed E-state index contributed by atoms with van der Waals surface area (Å²) in [5.74, 6) is 0.0794. The van der Waals surface area contributed by atoms with E-state index in [0.717, 1.165) is 50.1 Å². The standard InChI is InChI=1S/C36H58N4O2.2BrH/c1-3-5-7-17-25-37-35(41)33-21-29-39(30-22-33)27-19-15-13-11-9-10-12-14-16-20-28-40-31-23-34(24-32-40)36(42)38-26-18-8-6-4-2;;/h21-24,29-32H,3-20,25-28H2,1-2H3;2*1H. The summed E-state index contributed by atoms with van der Waals surface area (Å²) in [6, 6.07) is 7.75. The fourth-order valence-electron chi connectivity index (χ4n) is 5.23. The monoisotopic (exact) mass is 738 g/mol. The van der Waals surface area contributed by atoms with E-state index in [9.17, 15) is 9.59 Å². The van der Waals surface area contributed by atoms with Gasteiger partial charge < -0.3 is 44.6 Å². The van der Waals surface area contributed by atoms with Crippen LogP contribution in [0.5, 0.6) is 0 Å². The van der Waals surface area contributed by atoms with E-state index < -0.39 is 0 Å². The molecular weight excluding hydrogens is 680 g/mol. The number of hydrogen-bond acceptors (Lipinski definition) is 2. The third-order valence-corrected chi connectivity index (χ3v) is 8.02. The van der Waals surface area contributed by atoms with Crippen LogP contribution in [0.15, 0.2) is 49.1 Å². The summed E-state index contributed by atoms with van der Waals surface area (Å²) in [6.07, 6.45) is 30.4. The summed E-state index contributed by atoms with van der Waals surface area (Å²) < 4.78 is 4.38. The predicted octanol–water partition coefficient (Wildman–Crippen LogP) is 1.49. The normalized spacial score (nSPS) is 10.5. The zero-order valence-corrected chi connectivity index (χ0v) is 30.8. The van der Waals surface area contributed by atoms with Crippen molar-refractivity contribution in [3.05, 3.63) is 60.2 Å². The highest BCUT2D eigenvalue weighted by atomic mass is 79.9. The second-order valence-corrected chi connectivity index (χ2v) is 11.8. The third kappa shape index (κ3) is 20.3. The number of aryl methyl sites for hydroxylation is 2. The molecule has 2 aromatic heterocycles. The molecule has 0 fully saturated rings. The number of aromatic nitrogens is 2. The van der Waals surface area contributed by atoms with Gasteiger partial charge in [-0.15, -0.1) is 0 Å². The van der Waals surface area contributed by atoms with Gasteiger partial charge in [-0.25, -0.2) is 9.13 Å². The number of hydrogen-bond donors (Lipinski definition) is 2. The maximum Gasteiger partial charge on any atom is 0.251 e. The van der Waals surface area contributed by atoms with Crippen molar-refractivity contribution in [1.82, 2.24) is 10.6 Å². The summed E-state index contributed by atoms with van der Waals surface area (Å²) in [7, 11) is 0. The molecule has 0 unspecified atom stereocenters. The highest BCUT2D eigenvalue weighted by molar-refractivity contribution is 5.94. The molecule has 44 heavy (non-hydrogen) atoms. The first-order valence-electron chi connectivity index (χ1n) is 17.2. The molecule has 0 aliphatic heterocycles. The molecule has 8 heteroatoms. The Labute approximate surface area is 289 Å². The molecule has 2 heterocycles. The molecule has 0 aromatic carbocycles. The fourth-order valence-corrected chi connectivity index (χ4v) is 5.23. The molecule has 0 saturated heterocycles. The highest BCUT2D eigenvalue weighted by Crippen LogP contribution is 2.11. The van der Waals surface area contributed by atoms with Gasteiger partial charge in [0.15, 0.2) is 24.8 Å². The molecule has 250 valence electrons. The van der Waals surface area contributed by atoms with Crippen LogP contribution in [-0.4, -0.2) is 24.9 Å². The van der Waals surface area contributed by atoms with Gasteiger partial charge in [-0.05, 0) is 25.7 Å². The Bertz CT molecular complexity index is 892. The Kier molecular flexibility index (Phi) is 27.5.